The van der Waals surface area contributed by atoms with Crippen molar-refractivity contribution in [2.75, 3.05) is 17.7 Å². The summed E-state index contributed by atoms with van der Waals surface area (Å²) in [6.45, 7) is 5.21. The fourth-order valence-electron chi connectivity index (χ4n) is 6.36. The number of anilines is 2. The van der Waals surface area contributed by atoms with Gasteiger partial charge in [-0.3, -0.25) is 9.59 Å². The second-order valence-corrected chi connectivity index (χ2v) is 12.4. The molecule has 2 aliphatic heterocycles. The molecule has 0 aromatic heterocycles. The maximum atomic E-state index is 15.9. The van der Waals surface area contributed by atoms with E-state index in [1.165, 1.54) is 25.3 Å². The number of fused-ring (bicyclic) bond motifs is 2. The summed E-state index contributed by atoms with van der Waals surface area (Å²) in [5.41, 5.74) is -0.0417. The fourth-order valence-corrected chi connectivity index (χ4v) is 6.71. The molecule has 2 aliphatic rings. The number of benzene rings is 3. The molecule has 0 radical (unpaired) electrons. The van der Waals surface area contributed by atoms with Gasteiger partial charge in [0.25, 0.3) is 0 Å². The molecule has 5 rings (SSSR count). The Labute approximate surface area is 258 Å². The van der Waals surface area contributed by atoms with E-state index in [2.05, 4.69) is 22.0 Å². The number of methoxy groups -OCH3 is 1. The molecule has 222 valence electrons. The van der Waals surface area contributed by atoms with E-state index in [1.807, 2.05) is 0 Å². The standard InChI is InChI=1S/C32H29Cl2FN4O4/c1-16-12-17(29(41)43-4)8-11-22(16)37-28(40)27-25(19-6-5-7-21(34)26(19)35)32(24(39-27)14-31(2,3)15-36)20-10-9-18(33)13-23(20)38-30(32)42/h5-13,24-25,27,39H,14H2,1-4H3,(H,37,40)(H,38,42)/t24-,25-,27+,32+/m0/s1. The van der Waals surface area contributed by atoms with Gasteiger partial charge in [0.1, 0.15) is 11.2 Å². The number of aryl methyl sites for hydroxylation is 1. The Morgan fingerprint density at radius 2 is 1.91 bits per heavy atom. The zero-order valence-corrected chi connectivity index (χ0v) is 25.4. The van der Waals surface area contributed by atoms with Crippen molar-refractivity contribution in [2.24, 2.45) is 5.41 Å². The largest absolute Gasteiger partial charge is 0.465 e. The van der Waals surface area contributed by atoms with Gasteiger partial charge in [-0.1, -0.05) is 41.4 Å². The van der Waals surface area contributed by atoms with Crippen LogP contribution in [-0.2, 0) is 19.7 Å². The number of esters is 1. The number of carbonyl (C=O) groups is 3. The fraction of sp³-hybridized carbons (Fsp3) is 0.312. The zero-order chi connectivity index (χ0) is 31.3. The molecule has 0 bridgehead atoms. The predicted octanol–water partition coefficient (Wildman–Crippen LogP) is 6.12. The molecule has 0 unspecified atom stereocenters. The number of hydrogen-bond donors (Lipinski definition) is 3. The van der Waals surface area contributed by atoms with Gasteiger partial charge in [-0.05, 0) is 80.3 Å². The second kappa shape index (κ2) is 11.3. The van der Waals surface area contributed by atoms with Crippen molar-refractivity contribution in [2.45, 2.75) is 50.6 Å². The normalized spacial score (nSPS) is 22.6. The summed E-state index contributed by atoms with van der Waals surface area (Å²) in [7, 11) is 1.28. The number of hydrogen-bond acceptors (Lipinski definition) is 6. The Morgan fingerprint density at radius 3 is 2.58 bits per heavy atom. The minimum Gasteiger partial charge on any atom is -0.465 e. The van der Waals surface area contributed by atoms with Crippen molar-refractivity contribution in [1.29, 1.82) is 5.26 Å². The Morgan fingerprint density at radius 1 is 1.16 bits per heavy atom. The van der Waals surface area contributed by atoms with Gasteiger partial charge in [0.05, 0.1) is 35.2 Å². The molecule has 1 saturated heterocycles. The highest BCUT2D eigenvalue weighted by molar-refractivity contribution is 6.31. The third kappa shape index (κ3) is 5.14. The van der Waals surface area contributed by atoms with Crippen LogP contribution in [0.2, 0.25) is 10.0 Å². The van der Waals surface area contributed by atoms with Gasteiger partial charge in [0.15, 0.2) is 0 Å². The summed E-state index contributed by atoms with van der Waals surface area (Å²) in [5.74, 6) is -3.34. The molecule has 11 heteroatoms. The second-order valence-electron chi connectivity index (χ2n) is 11.5. The summed E-state index contributed by atoms with van der Waals surface area (Å²) in [6.07, 6.45) is 0.161. The lowest BCUT2D eigenvalue weighted by Crippen LogP contribution is -2.50. The Bertz CT molecular complexity index is 1710. The molecule has 3 N–H and O–H groups in total. The van der Waals surface area contributed by atoms with Gasteiger partial charge in [-0.2, -0.15) is 5.26 Å². The minimum atomic E-state index is -1.51. The molecule has 1 spiro atoms. The van der Waals surface area contributed by atoms with Crippen LogP contribution in [0, 0.1) is 29.5 Å². The van der Waals surface area contributed by atoms with Crippen LogP contribution in [-0.4, -0.2) is 37.0 Å². The van der Waals surface area contributed by atoms with E-state index in [9.17, 15) is 19.6 Å². The average Bonchev–Trinajstić information content (AvgIpc) is 3.44. The molecule has 4 atom stereocenters. The van der Waals surface area contributed by atoms with Crippen molar-refractivity contribution >= 4 is 52.4 Å². The molecule has 0 aliphatic carbocycles. The number of halogens is 3. The molecule has 3 aromatic rings. The molecule has 1 fully saturated rings. The van der Waals surface area contributed by atoms with E-state index in [0.29, 0.717) is 33.1 Å². The summed E-state index contributed by atoms with van der Waals surface area (Å²) >= 11 is 12.5. The summed E-state index contributed by atoms with van der Waals surface area (Å²) < 4.78 is 20.7. The lowest BCUT2D eigenvalue weighted by molar-refractivity contribution is -0.122. The first-order valence-corrected chi connectivity index (χ1v) is 14.3. The molecular weight excluding hydrogens is 594 g/mol. The van der Waals surface area contributed by atoms with Gasteiger partial charge < -0.3 is 20.7 Å². The zero-order valence-electron chi connectivity index (χ0n) is 23.8. The van der Waals surface area contributed by atoms with Crippen LogP contribution < -0.4 is 16.0 Å². The third-order valence-electron chi connectivity index (χ3n) is 8.33. The van der Waals surface area contributed by atoms with Crippen LogP contribution in [0.3, 0.4) is 0 Å². The molecule has 3 aromatic carbocycles. The maximum Gasteiger partial charge on any atom is 0.337 e. The van der Waals surface area contributed by atoms with Crippen molar-refractivity contribution in [1.82, 2.24) is 5.32 Å². The van der Waals surface area contributed by atoms with Crippen molar-refractivity contribution < 1.29 is 23.5 Å². The third-order valence-corrected chi connectivity index (χ3v) is 8.85. The Balaban J connectivity index is 1.69. The first-order chi connectivity index (χ1) is 20.3. The number of nitrogens with one attached hydrogen (secondary N) is 3. The predicted molar refractivity (Wildman–Crippen MR) is 162 cm³/mol. The Hall–Kier alpha value is -3.97. The topological polar surface area (TPSA) is 120 Å². The SMILES string of the molecule is COC(=O)c1ccc(NC(=O)[C@@H]2N[C@@H](CC(C)(C)C#N)[C@@]3(C(=O)Nc4cc(Cl)ccc43)[C@H]2c2cccc(Cl)c2F)c(C)c1. The highest BCUT2D eigenvalue weighted by Gasteiger charge is 2.66. The van der Waals surface area contributed by atoms with Crippen LogP contribution >= 0.6 is 23.2 Å². The number of ether oxygens (including phenoxy) is 1. The van der Waals surface area contributed by atoms with Gasteiger partial charge in [0.2, 0.25) is 11.8 Å². The number of amides is 2. The van der Waals surface area contributed by atoms with Gasteiger partial charge >= 0.3 is 5.97 Å². The molecular formula is C32H29Cl2FN4O4. The van der Waals surface area contributed by atoms with E-state index in [4.69, 9.17) is 27.9 Å². The molecule has 8 nitrogen and oxygen atoms in total. The van der Waals surface area contributed by atoms with E-state index < -0.39 is 52.4 Å². The summed E-state index contributed by atoms with van der Waals surface area (Å²) in [5, 5.41) is 19.3. The van der Waals surface area contributed by atoms with Crippen LogP contribution in [0.5, 0.6) is 0 Å². The number of rotatable bonds is 6. The number of nitriles is 1. The van der Waals surface area contributed by atoms with Crippen LogP contribution in [0.4, 0.5) is 15.8 Å². The Kier molecular flexibility index (Phi) is 7.99. The summed E-state index contributed by atoms with van der Waals surface area (Å²) in [4.78, 5) is 40.4. The highest BCUT2D eigenvalue weighted by atomic mass is 35.5. The lowest BCUT2D eigenvalue weighted by Gasteiger charge is -2.37. The molecule has 2 amide bonds. The van der Waals surface area contributed by atoms with Crippen LogP contribution in [0.15, 0.2) is 54.6 Å². The first-order valence-electron chi connectivity index (χ1n) is 13.6. The van der Waals surface area contributed by atoms with Crippen molar-refractivity contribution in [3.05, 3.63) is 92.7 Å². The smallest absolute Gasteiger partial charge is 0.337 e. The monoisotopic (exact) mass is 622 g/mol. The lowest BCUT2D eigenvalue weighted by atomic mass is 9.62. The minimum absolute atomic E-state index is 0.0770. The van der Waals surface area contributed by atoms with E-state index in [-0.39, 0.29) is 17.0 Å². The van der Waals surface area contributed by atoms with E-state index in [1.54, 1.807) is 57.2 Å². The van der Waals surface area contributed by atoms with Crippen LogP contribution in [0.1, 0.15) is 53.2 Å². The number of carbonyl (C=O) groups excluding carboxylic acids is 3. The van der Waals surface area contributed by atoms with Gasteiger partial charge in [0, 0.05) is 28.4 Å². The quantitative estimate of drug-likeness (QED) is 0.285. The van der Waals surface area contributed by atoms with Gasteiger partial charge in [-0.25, -0.2) is 9.18 Å². The average molecular weight is 624 g/mol. The number of nitrogens with zero attached hydrogens (tertiary/aromatic N) is 1. The maximum absolute atomic E-state index is 15.9. The molecule has 43 heavy (non-hydrogen) atoms. The van der Waals surface area contributed by atoms with E-state index in [0.717, 1.165) is 0 Å². The van der Waals surface area contributed by atoms with Crippen molar-refractivity contribution in [3.8, 4) is 6.07 Å². The first kappa shape index (κ1) is 30.5. The van der Waals surface area contributed by atoms with Crippen LogP contribution in [0.25, 0.3) is 0 Å². The highest BCUT2D eigenvalue weighted by Crippen LogP contribution is 2.57. The summed E-state index contributed by atoms with van der Waals surface area (Å²) in [6, 6.07) is 14.5. The van der Waals surface area contributed by atoms with E-state index >= 15 is 4.39 Å². The molecule has 2 heterocycles. The van der Waals surface area contributed by atoms with Gasteiger partial charge in [-0.15, -0.1) is 0 Å². The molecule has 0 saturated carbocycles. The van der Waals surface area contributed by atoms with Crippen molar-refractivity contribution in [3.63, 3.8) is 0 Å².